The Kier molecular flexibility index (Phi) is 5.08. The van der Waals surface area contributed by atoms with Gasteiger partial charge in [-0.3, -0.25) is 14.6 Å². The molecule has 5 nitrogen and oxygen atoms in total. The Morgan fingerprint density at radius 3 is 2.55 bits per heavy atom. The lowest BCUT2D eigenvalue weighted by molar-refractivity contribution is -0.120. The van der Waals surface area contributed by atoms with Crippen molar-refractivity contribution in [2.45, 2.75) is 12.8 Å². The molecule has 1 N–H and O–H groups in total. The van der Waals surface area contributed by atoms with E-state index in [1.807, 2.05) is 17.0 Å². The standard InChI is InChI=1S/C17H25N3O2/c21-13-12-18-8-10-19(11-9-18)14-17(22)20-7-3-5-15-4-1-2-6-16(15)20/h1-2,4,6,21H,3,5,7-14H2. The molecule has 1 fully saturated rings. The van der Waals surface area contributed by atoms with Gasteiger partial charge in [0.25, 0.3) is 0 Å². The number of hydrogen-bond donors (Lipinski definition) is 1. The van der Waals surface area contributed by atoms with E-state index in [2.05, 4.69) is 21.9 Å². The summed E-state index contributed by atoms with van der Waals surface area (Å²) < 4.78 is 0. The largest absolute Gasteiger partial charge is 0.395 e. The molecule has 0 atom stereocenters. The first-order valence-corrected chi connectivity index (χ1v) is 8.22. The molecule has 120 valence electrons. The van der Waals surface area contributed by atoms with E-state index in [0.717, 1.165) is 57.8 Å². The number of carbonyl (C=O) groups excluding carboxylic acids is 1. The number of piperazine rings is 1. The van der Waals surface area contributed by atoms with Gasteiger partial charge in [-0.2, -0.15) is 0 Å². The van der Waals surface area contributed by atoms with Crippen molar-refractivity contribution in [3.63, 3.8) is 0 Å². The van der Waals surface area contributed by atoms with Crippen molar-refractivity contribution in [1.82, 2.24) is 9.80 Å². The smallest absolute Gasteiger partial charge is 0.241 e. The van der Waals surface area contributed by atoms with E-state index in [-0.39, 0.29) is 12.5 Å². The molecule has 1 saturated heterocycles. The molecule has 0 spiro atoms. The van der Waals surface area contributed by atoms with E-state index in [1.54, 1.807) is 0 Å². The van der Waals surface area contributed by atoms with Crippen LogP contribution in [-0.2, 0) is 11.2 Å². The number of amides is 1. The Morgan fingerprint density at radius 2 is 1.77 bits per heavy atom. The molecule has 0 unspecified atom stereocenters. The summed E-state index contributed by atoms with van der Waals surface area (Å²) in [4.78, 5) is 19.1. The fourth-order valence-electron chi connectivity index (χ4n) is 3.38. The lowest BCUT2D eigenvalue weighted by Crippen LogP contribution is -2.51. The highest BCUT2D eigenvalue weighted by Crippen LogP contribution is 2.26. The summed E-state index contributed by atoms with van der Waals surface area (Å²) in [6, 6.07) is 8.25. The van der Waals surface area contributed by atoms with Crippen molar-refractivity contribution >= 4 is 11.6 Å². The molecule has 3 rings (SSSR count). The fourth-order valence-corrected chi connectivity index (χ4v) is 3.38. The van der Waals surface area contributed by atoms with Gasteiger partial charge in [0, 0.05) is 45.0 Å². The maximum atomic E-state index is 12.7. The highest BCUT2D eigenvalue weighted by molar-refractivity contribution is 5.95. The number of anilines is 1. The van der Waals surface area contributed by atoms with Gasteiger partial charge < -0.3 is 10.0 Å². The van der Waals surface area contributed by atoms with Gasteiger partial charge in [-0.1, -0.05) is 18.2 Å². The Labute approximate surface area is 132 Å². The van der Waals surface area contributed by atoms with Crippen LogP contribution < -0.4 is 4.90 Å². The van der Waals surface area contributed by atoms with Gasteiger partial charge in [0.2, 0.25) is 5.91 Å². The minimum atomic E-state index is 0.211. The normalized spacial score (nSPS) is 20.0. The second kappa shape index (κ2) is 7.22. The van der Waals surface area contributed by atoms with Crippen molar-refractivity contribution in [2.75, 3.05) is 57.3 Å². The van der Waals surface area contributed by atoms with Crippen molar-refractivity contribution in [3.8, 4) is 0 Å². The average molecular weight is 303 g/mol. The quantitative estimate of drug-likeness (QED) is 0.884. The van der Waals surface area contributed by atoms with Gasteiger partial charge in [-0.05, 0) is 24.5 Å². The lowest BCUT2D eigenvalue weighted by atomic mass is 10.0. The zero-order valence-electron chi connectivity index (χ0n) is 13.1. The van der Waals surface area contributed by atoms with Gasteiger partial charge in [-0.15, -0.1) is 0 Å². The number of aliphatic hydroxyl groups is 1. The predicted octanol–water partition coefficient (Wildman–Crippen LogP) is 0.576. The van der Waals surface area contributed by atoms with Crippen LogP contribution in [0.3, 0.4) is 0 Å². The summed E-state index contributed by atoms with van der Waals surface area (Å²) in [6.07, 6.45) is 2.12. The van der Waals surface area contributed by atoms with Gasteiger partial charge in [-0.25, -0.2) is 0 Å². The number of carbonyl (C=O) groups is 1. The van der Waals surface area contributed by atoms with E-state index in [1.165, 1.54) is 5.56 Å². The van der Waals surface area contributed by atoms with E-state index in [4.69, 9.17) is 5.11 Å². The number of nitrogens with zero attached hydrogens (tertiary/aromatic N) is 3. The second-order valence-electron chi connectivity index (χ2n) is 6.12. The number of benzene rings is 1. The first-order chi connectivity index (χ1) is 10.8. The van der Waals surface area contributed by atoms with Crippen LogP contribution in [0.15, 0.2) is 24.3 Å². The van der Waals surface area contributed by atoms with E-state index >= 15 is 0 Å². The van der Waals surface area contributed by atoms with Crippen LogP contribution in [-0.4, -0.2) is 73.2 Å². The molecule has 1 aromatic carbocycles. The molecule has 0 aromatic heterocycles. The highest BCUT2D eigenvalue weighted by atomic mass is 16.3. The Hall–Kier alpha value is -1.43. The molecule has 0 aliphatic carbocycles. The molecule has 2 aliphatic heterocycles. The molecule has 5 heteroatoms. The number of para-hydroxylation sites is 1. The number of aliphatic hydroxyl groups excluding tert-OH is 1. The van der Waals surface area contributed by atoms with Crippen LogP contribution in [0.5, 0.6) is 0 Å². The average Bonchev–Trinajstić information content (AvgIpc) is 2.56. The zero-order chi connectivity index (χ0) is 15.4. The van der Waals surface area contributed by atoms with Crippen molar-refractivity contribution in [1.29, 1.82) is 0 Å². The van der Waals surface area contributed by atoms with Crippen LogP contribution in [0.1, 0.15) is 12.0 Å². The SMILES string of the molecule is O=C(CN1CCN(CCO)CC1)N1CCCc2ccccc21. The summed E-state index contributed by atoms with van der Waals surface area (Å²) >= 11 is 0. The van der Waals surface area contributed by atoms with Crippen LogP contribution in [0.2, 0.25) is 0 Å². The monoisotopic (exact) mass is 303 g/mol. The Balaban J connectivity index is 1.57. The predicted molar refractivity (Wildman–Crippen MR) is 87.1 cm³/mol. The topological polar surface area (TPSA) is 47.0 Å². The second-order valence-corrected chi connectivity index (χ2v) is 6.12. The lowest BCUT2D eigenvalue weighted by Gasteiger charge is -2.36. The minimum absolute atomic E-state index is 0.211. The summed E-state index contributed by atoms with van der Waals surface area (Å²) in [7, 11) is 0. The molecular formula is C17H25N3O2. The molecule has 1 amide bonds. The molecule has 2 heterocycles. The van der Waals surface area contributed by atoms with Crippen LogP contribution >= 0.6 is 0 Å². The summed E-state index contributed by atoms with van der Waals surface area (Å²) in [5.41, 5.74) is 2.38. The Bertz CT molecular complexity index is 512. The highest BCUT2D eigenvalue weighted by Gasteiger charge is 2.25. The first-order valence-electron chi connectivity index (χ1n) is 8.22. The molecule has 2 aliphatic rings. The van der Waals surface area contributed by atoms with E-state index in [9.17, 15) is 4.79 Å². The number of rotatable bonds is 4. The van der Waals surface area contributed by atoms with Crippen LogP contribution in [0.4, 0.5) is 5.69 Å². The third-order valence-electron chi connectivity index (χ3n) is 4.65. The van der Waals surface area contributed by atoms with Crippen LogP contribution in [0.25, 0.3) is 0 Å². The van der Waals surface area contributed by atoms with Gasteiger partial charge in [0.15, 0.2) is 0 Å². The number of hydrogen-bond acceptors (Lipinski definition) is 4. The van der Waals surface area contributed by atoms with Crippen LogP contribution in [0, 0.1) is 0 Å². The fraction of sp³-hybridized carbons (Fsp3) is 0.588. The third kappa shape index (κ3) is 3.48. The molecule has 0 radical (unpaired) electrons. The summed E-state index contributed by atoms with van der Waals surface area (Å²) in [5, 5.41) is 8.98. The molecule has 22 heavy (non-hydrogen) atoms. The summed E-state index contributed by atoms with van der Waals surface area (Å²) in [6.45, 7) is 5.96. The van der Waals surface area contributed by atoms with Crippen molar-refractivity contribution in [2.24, 2.45) is 0 Å². The number of β-amino-alcohol motifs (C(OH)–C–C–N with tert-alkyl or cyclic N) is 1. The van der Waals surface area contributed by atoms with Gasteiger partial charge in [0.05, 0.1) is 13.2 Å². The molecule has 1 aromatic rings. The number of aryl methyl sites for hydroxylation is 1. The maximum absolute atomic E-state index is 12.7. The van der Waals surface area contributed by atoms with E-state index < -0.39 is 0 Å². The Morgan fingerprint density at radius 1 is 1.05 bits per heavy atom. The molecule has 0 saturated carbocycles. The maximum Gasteiger partial charge on any atom is 0.241 e. The third-order valence-corrected chi connectivity index (χ3v) is 4.65. The first kappa shape index (κ1) is 15.5. The number of fused-ring (bicyclic) bond motifs is 1. The van der Waals surface area contributed by atoms with Gasteiger partial charge >= 0.3 is 0 Å². The van der Waals surface area contributed by atoms with Crippen molar-refractivity contribution in [3.05, 3.63) is 29.8 Å². The van der Waals surface area contributed by atoms with Crippen molar-refractivity contribution < 1.29 is 9.90 Å². The minimum Gasteiger partial charge on any atom is -0.395 e. The summed E-state index contributed by atoms with van der Waals surface area (Å²) in [5.74, 6) is 0.211. The van der Waals surface area contributed by atoms with Gasteiger partial charge in [0.1, 0.15) is 0 Å². The van der Waals surface area contributed by atoms with E-state index in [0.29, 0.717) is 6.54 Å². The zero-order valence-corrected chi connectivity index (χ0v) is 13.1. The molecular weight excluding hydrogens is 278 g/mol. The molecule has 0 bridgehead atoms.